The van der Waals surface area contributed by atoms with Gasteiger partial charge in [-0.2, -0.15) is 0 Å². The Labute approximate surface area is 260 Å². The molecule has 0 heterocycles. The number of carbonyl (C=O) groups excluding carboxylic acids is 2. The van der Waals surface area contributed by atoms with Crippen LogP contribution >= 0.6 is 0 Å². The number of hydrogen-bond acceptors (Lipinski definition) is 5. The van der Waals surface area contributed by atoms with Crippen LogP contribution in [0.15, 0.2) is 140 Å². The van der Waals surface area contributed by atoms with E-state index in [1.807, 2.05) is 78.9 Å². The molecular formula is C39H28O6. The second-order valence-electron chi connectivity index (χ2n) is 10.5. The first-order valence-corrected chi connectivity index (χ1v) is 14.4. The van der Waals surface area contributed by atoms with Crippen molar-refractivity contribution in [3.05, 3.63) is 178 Å². The molecule has 0 aliphatic heterocycles. The quantitative estimate of drug-likeness (QED) is 0.135. The monoisotopic (exact) mass is 592 g/mol. The second kappa shape index (κ2) is 13.1. The summed E-state index contributed by atoms with van der Waals surface area (Å²) in [5.41, 5.74) is 3.50. The standard InChI is InChI=1S/C39H28O6/c40-37(41)33-21-20-28-16-10-11-19-30(28)36(33)45-39(43)32-23-22-31(38(42)44-29-17-8-3-9-18-29)34(24-26-12-4-1-5-13-26)35(32)25-27-14-6-2-7-15-27/h1-23H,24-25H2,(H,40,41). The molecule has 0 aromatic heterocycles. The van der Waals surface area contributed by atoms with Crippen LogP contribution in [-0.4, -0.2) is 23.0 Å². The van der Waals surface area contributed by atoms with Crippen molar-refractivity contribution in [1.29, 1.82) is 0 Å². The Bertz CT molecular complexity index is 2000. The Kier molecular flexibility index (Phi) is 8.47. The number of ether oxygens (including phenoxy) is 2. The summed E-state index contributed by atoms with van der Waals surface area (Å²) in [6, 6.07) is 41.5. The lowest BCUT2D eigenvalue weighted by atomic mass is 9.87. The molecule has 0 bridgehead atoms. The molecule has 6 rings (SSSR count). The van der Waals surface area contributed by atoms with Gasteiger partial charge < -0.3 is 14.6 Å². The van der Waals surface area contributed by atoms with Crippen LogP contribution < -0.4 is 9.47 Å². The molecule has 6 heteroatoms. The maximum Gasteiger partial charge on any atom is 0.343 e. The third kappa shape index (κ3) is 6.50. The predicted octanol–water partition coefficient (Wildman–Crippen LogP) is 8.16. The van der Waals surface area contributed by atoms with E-state index in [2.05, 4.69) is 0 Å². The fourth-order valence-corrected chi connectivity index (χ4v) is 5.40. The van der Waals surface area contributed by atoms with Gasteiger partial charge >= 0.3 is 17.9 Å². The Morgan fingerprint density at radius 2 is 0.956 bits per heavy atom. The zero-order valence-electron chi connectivity index (χ0n) is 24.2. The molecule has 0 aliphatic carbocycles. The zero-order chi connectivity index (χ0) is 31.2. The van der Waals surface area contributed by atoms with E-state index in [1.54, 1.807) is 54.6 Å². The van der Waals surface area contributed by atoms with Crippen LogP contribution in [-0.2, 0) is 12.8 Å². The number of carbonyl (C=O) groups is 3. The molecule has 6 aromatic carbocycles. The molecular weight excluding hydrogens is 564 g/mol. The number of rotatable bonds is 9. The van der Waals surface area contributed by atoms with E-state index in [4.69, 9.17) is 9.47 Å². The third-order valence-corrected chi connectivity index (χ3v) is 7.58. The van der Waals surface area contributed by atoms with Crippen molar-refractivity contribution in [2.45, 2.75) is 12.8 Å². The molecule has 0 atom stereocenters. The lowest BCUT2D eigenvalue weighted by molar-refractivity contribution is 0.0678. The average molecular weight is 593 g/mol. The molecule has 6 nitrogen and oxygen atoms in total. The molecule has 0 radical (unpaired) electrons. The second-order valence-corrected chi connectivity index (χ2v) is 10.5. The highest BCUT2D eigenvalue weighted by Gasteiger charge is 2.26. The van der Waals surface area contributed by atoms with Crippen molar-refractivity contribution >= 4 is 28.7 Å². The SMILES string of the molecule is O=C(Oc1ccccc1)c1ccc(C(=O)Oc2c(C(=O)O)ccc3ccccc23)c(Cc2ccccc2)c1Cc1ccccc1. The minimum Gasteiger partial charge on any atom is -0.478 e. The van der Waals surface area contributed by atoms with Crippen LogP contribution in [0.2, 0.25) is 0 Å². The largest absolute Gasteiger partial charge is 0.478 e. The van der Waals surface area contributed by atoms with Crippen LogP contribution in [0.25, 0.3) is 10.8 Å². The van der Waals surface area contributed by atoms with Crippen molar-refractivity contribution in [1.82, 2.24) is 0 Å². The summed E-state index contributed by atoms with van der Waals surface area (Å²) in [4.78, 5) is 39.9. The number of benzene rings is 6. The Hall–Kier alpha value is -6.01. The summed E-state index contributed by atoms with van der Waals surface area (Å²) < 4.78 is 11.7. The number of carboxylic acids is 1. The predicted molar refractivity (Wildman–Crippen MR) is 172 cm³/mol. The Balaban J connectivity index is 1.50. The first kappa shape index (κ1) is 29.1. The number of hydrogen-bond donors (Lipinski definition) is 1. The van der Waals surface area contributed by atoms with Gasteiger partial charge in [0, 0.05) is 5.39 Å². The molecule has 0 amide bonds. The normalized spacial score (nSPS) is 10.8. The average Bonchev–Trinajstić information content (AvgIpc) is 3.06. The van der Waals surface area contributed by atoms with Crippen molar-refractivity contribution in [3.8, 4) is 11.5 Å². The molecule has 1 N–H and O–H groups in total. The first-order valence-electron chi connectivity index (χ1n) is 14.4. The summed E-state index contributed by atoms with van der Waals surface area (Å²) in [6.45, 7) is 0. The van der Waals surface area contributed by atoms with Crippen LogP contribution in [0.3, 0.4) is 0 Å². The number of para-hydroxylation sites is 1. The van der Waals surface area contributed by atoms with Gasteiger partial charge in [-0.05, 0) is 70.8 Å². The third-order valence-electron chi connectivity index (χ3n) is 7.58. The highest BCUT2D eigenvalue weighted by atomic mass is 16.5. The van der Waals surface area contributed by atoms with Gasteiger partial charge in [-0.25, -0.2) is 14.4 Å². The van der Waals surface area contributed by atoms with E-state index in [1.165, 1.54) is 6.07 Å². The van der Waals surface area contributed by atoms with Gasteiger partial charge in [0.05, 0.1) is 11.1 Å². The van der Waals surface area contributed by atoms with Crippen molar-refractivity contribution < 1.29 is 29.0 Å². The molecule has 0 saturated heterocycles. The van der Waals surface area contributed by atoms with E-state index >= 15 is 0 Å². The highest BCUT2D eigenvalue weighted by molar-refractivity contribution is 6.04. The van der Waals surface area contributed by atoms with Crippen LogP contribution in [0, 0.1) is 0 Å². The maximum atomic E-state index is 14.1. The van der Waals surface area contributed by atoms with E-state index in [-0.39, 0.29) is 16.9 Å². The number of fused-ring (bicyclic) bond motifs is 1. The van der Waals surface area contributed by atoms with E-state index in [0.717, 1.165) is 16.5 Å². The fourth-order valence-electron chi connectivity index (χ4n) is 5.40. The Morgan fingerprint density at radius 3 is 1.51 bits per heavy atom. The highest BCUT2D eigenvalue weighted by Crippen LogP contribution is 2.33. The minimum atomic E-state index is -1.21. The number of esters is 2. The minimum absolute atomic E-state index is 0.0339. The lowest BCUT2D eigenvalue weighted by Crippen LogP contribution is -2.19. The van der Waals surface area contributed by atoms with Gasteiger partial charge in [0.2, 0.25) is 0 Å². The van der Waals surface area contributed by atoms with Gasteiger partial charge in [0.15, 0.2) is 5.75 Å². The molecule has 0 aliphatic rings. The Morgan fingerprint density at radius 1 is 0.489 bits per heavy atom. The molecule has 6 aromatic rings. The van der Waals surface area contributed by atoms with Crippen LogP contribution in [0.4, 0.5) is 0 Å². The zero-order valence-corrected chi connectivity index (χ0v) is 24.2. The summed E-state index contributed by atoms with van der Waals surface area (Å²) in [7, 11) is 0. The van der Waals surface area contributed by atoms with Gasteiger partial charge in [-0.3, -0.25) is 0 Å². The molecule has 45 heavy (non-hydrogen) atoms. The van der Waals surface area contributed by atoms with Gasteiger partial charge in [-0.1, -0.05) is 109 Å². The molecule has 0 spiro atoms. The topological polar surface area (TPSA) is 89.9 Å². The summed E-state index contributed by atoms with van der Waals surface area (Å²) in [5.74, 6) is -2.12. The van der Waals surface area contributed by atoms with Crippen LogP contribution in [0.5, 0.6) is 11.5 Å². The summed E-state index contributed by atoms with van der Waals surface area (Å²) in [6.07, 6.45) is 0.666. The number of carboxylic acid groups (broad SMARTS) is 1. The van der Waals surface area contributed by atoms with Crippen LogP contribution in [0.1, 0.15) is 53.3 Å². The molecule has 220 valence electrons. The molecule has 0 unspecified atom stereocenters. The molecule has 0 saturated carbocycles. The van der Waals surface area contributed by atoms with Crippen molar-refractivity contribution in [3.63, 3.8) is 0 Å². The maximum absolute atomic E-state index is 14.1. The van der Waals surface area contributed by atoms with Gasteiger partial charge in [0.25, 0.3) is 0 Å². The number of aromatic carboxylic acids is 1. The van der Waals surface area contributed by atoms with Crippen molar-refractivity contribution in [2.75, 3.05) is 0 Å². The van der Waals surface area contributed by atoms with E-state index < -0.39 is 17.9 Å². The van der Waals surface area contributed by atoms with Gasteiger partial charge in [-0.15, -0.1) is 0 Å². The van der Waals surface area contributed by atoms with E-state index in [9.17, 15) is 19.5 Å². The molecule has 0 fully saturated rings. The smallest absolute Gasteiger partial charge is 0.343 e. The first-order chi connectivity index (χ1) is 22.0. The fraction of sp³-hybridized carbons (Fsp3) is 0.0513. The lowest BCUT2D eigenvalue weighted by Gasteiger charge is -2.19. The van der Waals surface area contributed by atoms with E-state index in [0.29, 0.717) is 40.7 Å². The summed E-state index contributed by atoms with van der Waals surface area (Å²) >= 11 is 0. The van der Waals surface area contributed by atoms with Crippen molar-refractivity contribution in [2.24, 2.45) is 0 Å². The van der Waals surface area contributed by atoms with Gasteiger partial charge in [0.1, 0.15) is 11.3 Å². The summed E-state index contributed by atoms with van der Waals surface area (Å²) in [5, 5.41) is 11.2.